The van der Waals surface area contributed by atoms with Gasteiger partial charge in [-0.1, -0.05) is 35.5 Å². The number of benzene rings is 1. The van der Waals surface area contributed by atoms with Gasteiger partial charge in [0.15, 0.2) is 0 Å². The van der Waals surface area contributed by atoms with Crippen LogP contribution in [-0.2, 0) is 17.8 Å². The average molecular weight is 454 g/mol. The Balaban J connectivity index is 1.62. The molecule has 2 aromatic heterocycles. The summed E-state index contributed by atoms with van der Waals surface area (Å²) in [6, 6.07) is 14.0. The lowest BCUT2D eigenvalue weighted by Crippen LogP contribution is -2.36. The molecule has 1 aromatic carbocycles. The van der Waals surface area contributed by atoms with E-state index in [4.69, 9.17) is 13.7 Å². The van der Waals surface area contributed by atoms with E-state index in [0.29, 0.717) is 26.2 Å². The number of aromatic nitrogens is 1. The fourth-order valence-corrected chi connectivity index (χ4v) is 4.30. The lowest BCUT2D eigenvalue weighted by atomic mass is 10.1. The Kier molecular flexibility index (Phi) is 8.20. The monoisotopic (exact) mass is 453 g/mol. The van der Waals surface area contributed by atoms with Crippen molar-refractivity contribution in [3.8, 4) is 11.3 Å². The number of hydrogen-bond donors (Lipinski definition) is 1. The second-order valence-corrected chi connectivity index (χ2v) is 9.01. The Morgan fingerprint density at radius 1 is 1.06 bits per heavy atom. The number of aliphatic hydroxyl groups is 1. The zero-order valence-corrected chi connectivity index (χ0v) is 19.7. The van der Waals surface area contributed by atoms with E-state index in [1.807, 2.05) is 44.2 Å². The summed E-state index contributed by atoms with van der Waals surface area (Å²) in [6.07, 6.45) is 4.70. The van der Waals surface area contributed by atoms with Gasteiger partial charge in [0.25, 0.3) is 0 Å². The summed E-state index contributed by atoms with van der Waals surface area (Å²) in [6.45, 7) is 7.79. The lowest BCUT2D eigenvalue weighted by molar-refractivity contribution is -0.0113. The molecule has 33 heavy (non-hydrogen) atoms. The van der Waals surface area contributed by atoms with Gasteiger partial charge in [-0.05, 0) is 45.2 Å². The van der Waals surface area contributed by atoms with E-state index in [9.17, 15) is 5.11 Å². The van der Waals surface area contributed by atoms with Crippen molar-refractivity contribution in [1.82, 2.24) is 10.1 Å². The van der Waals surface area contributed by atoms with Gasteiger partial charge in [-0.25, -0.2) is 0 Å². The first-order chi connectivity index (χ1) is 16.1. The second-order valence-electron chi connectivity index (χ2n) is 9.01. The van der Waals surface area contributed by atoms with Crippen LogP contribution in [0.4, 0.5) is 5.88 Å². The van der Waals surface area contributed by atoms with Crippen molar-refractivity contribution in [3.05, 3.63) is 60.1 Å². The van der Waals surface area contributed by atoms with Crippen LogP contribution in [0.1, 0.15) is 44.4 Å². The first-order valence-electron chi connectivity index (χ1n) is 11.9. The third-order valence-electron chi connectivity index (χ3n) is 5.89. The van der Waals surface area contributed by atoms with Crippen molar-refractivity contribution in [2.24, 2.45) is 0 Å². The summed E-state index contributed by atoms with van der Waals surface area (Å²) in [4.78, 5) is 4.49. The van der Waals surface area contributed by atoms with Crippen LogP contribution in [-0.4, -0.2) is 53.6 Å². The summed E-state index contributed by atoms with van der Waals surface area (Å²) < 4.78 is 17.2. The van der Waals surface area contributed by atoms with Crippen molar-refractivity contribution in [1.29, 1.82) is 0 Å². The summed E-state index contributed by atoms with van der Waals surface area (Å²) in [7, 11) is 0. The Bertz CT molecular complexity index is 949. The minimum Gasteiger partial charge on any atom is -0.468 e. The van der Waals surface area contributed by atoms with Gasteiger partial charge in [0, 0.05) is 31.7 Å². The smallest absolute Gasteiger partial charge is 0.232 e. The molecule has 1 unspecified atom stereocenters. The molecule has 1 atom stereocenters. The minimum atomic E-state index is -0.610. The van der Waals surface area contributed by atoms with Crippen molar-refractivity contribution in [3.63, 3.8) is 0 Å². The Labute approximate surface area is 195 Å². The summed E-state index contributed by atoms with van der Waals surface area (Å²) in [5, 5.41) is 15.2. The molecule has 178 valence electrons. The minimum absolute atomic E-state index is 0.0756. The van der Waals surface area contributed by atoms with Gasteiger partial charge < -0.3 is 23.7 Å². The van der Waals surface area contributed by atoms with Crippen molar-refractivity contribution < 1.29 is 18.8 Å². The third kappa shape index (κ3) is 6.47. The predicted octanol–water partition coefficient (Wildman–Crippen LogP) is 4.71. The zero-order valence-electron chi connectivity index (χ0n) is 19.7. The van der Waals surface area contributed by atoms with E-state index in [1.165, 1.54) is 6.42 Å². The quantitative estimate of drug-likeness (QED) is 0.450. The van der Waals surface area contributed by atoms with E-state index in [0.717, 1.165) is 54.4 Å². The van der Waals surface area contributed by atoms with Crippen LogP contribution >= 0.6 is 0 Å². The predicted molar refractivity (Wildman–Crippen MR) is 128 cm³/mol. The fourth-order valence-electron chi connectivity index (χ4n) is 4.30. The first-order valence-corrected chi connectivity index (χ1v) is 11.9. The maximum atomic E-state index is 10.7. The van der Waals surface area contributed by atoms with Crippen molar-refractivity contribution in [2.75, 3.05) is 31.1 Å². The fraction of sp³-hybridized carbons (Fsp3) is 0.500. The molecule has 1 N–H and O–H groups in total. The molecule has 0 bridgehead atoms. The van der Waals surface area contributed by atoms with Crippen LogP contribution in [0.5, 0.6) is 0 Å². The van der Waals surface area contributed by atoms with Gasteiger partial charge in [-0.15, -0.1) is 0 Å². The molecule has 0 spiro atoms. The number of hydrogen-bond acceptors (Lipinski definition) is 7. The molecule has 1 aliphatic rings. The number of aliphatic hydroxyl groups excluding tert-OH is 1. The number of ether oxygens (including phenoxy) is 1. The van der Waals surface area contributed by atoms with E-state index in [1.54, 1.807) is 6.26 Å². The summed E-state index contributed by atoms with van der Waals surface area (Å²) in [5.41, 5.74) is 2.93. The van der Waals surface area contributed by atoms with Crippen LogP contribution in [0, 0.1) is 0 Å². The van der Waals surface area contributed by atoms with Crippen LogP contribution < -0.4 is 4.90 Å². The molecule has 0 aliphatic carbocycles. The van der Waals surface area contributed by atoms with Crippen molar-refractivity contribution >= 4 is 5.88 Å². The number of nitrogens with zero attached hydrogens (tertiary/aromatic N) is 3. The SMILES string of the molecule is CC(C)OCC(O)CN(Cc1ccco1)Cc1c(-c2ccccc2)noc1N1CCCCC1. The van der Waals surface area contributed by atoms with Gasteiger partial charge in [-0.2, -0.15) is 0 Å². The van der Waals surface area contributed by atoms with E-state index < -0.39 is 6.10 Å². The second kappa shape index (κ2) is 11.5. The molecular weight excluding hydrogens is 418 g/mol. The summed E-state index contributed by atoms with van der Waals surface area (Å²) >= 11 is 0. The molecular formula is C26H35N3O4. The van der Waals surface area contributed by atoms with Gasteiger partial charge >= 0.3 is 0 Å². The molecule has 4 rings (SSSR count). The highest BCUT2D eigenvalue weighted by Crippen LogP contribution is 2.34. The first kappa shape index (κ1) is 23.5. The van der Waals surface area contributed by atoms with E-state index in [2.05, 4.69) is 27.1 Å². The van der Waals surface area contributed by atoms with Crippen LogP contribution in [0.15, 0.2) is 57.7 Å². The molecule has 7 heteroatoms. The summed E-state index contributed by atoms with van der Waals surface area (Å²) in [5.74, 6) is 1.69. The van der Waals surface area contributed by atoms with Crippen molar-refractivity contribution in [2.45, 2.75) is 58.4 Å². The highest BCUT2D eigenvalue weighted by Gasteiger charge is 2.26. The topological polar surface area (TPSA) is 75.1 Å². The lowest BCUT2D eigenvalue weighted by Gasteiger charge is -2.29. The number of furan rings is 1. The Morgan fingerprint density at radius 2 is 1.85 bits per heavy atom. The average Bonchev–Trinajstić information content (AvgIpc) is 3.49. The van der Waals surface area contributed by atoms with E-state index >= 15 is 0 Å². The number of anilines is 1. The molecule has 3 heterocycles. The molecule has 1 fully saturated rings. The molecule has 7 nitrogen and oxygen atoms in total. The zero-order chi connectivity index (χ0) is 23.0. The highest BCUT2D eigenvalue weighted by molar-refractivity contribution is 5.68. The van der Waals surface area contributed by atoms with Crippen LogP contribution in [0.2, 0.25) is 0 Å². The van der Waals surface area contributed by atoms with Gasteiger partial charge in [0.1, 0.15) is 11.5 Å². The van der Waals surface area contributed by atoms with Crippen LogP contribution in [0.3, 0.4) is 0 Å². The van der Waals surface area contributed by atoms with Gasteiger partial charge in [0.05, 0.1) is 37.2 Å². The Hall–Kier alpha value is -2.61. The third-order valence-corrected chi connectivity index (χ3v) is 5.89. The molecule has 1 saturated heterocycles. The molecule has 3 aromatic rings. The highest BCUT2D eigenvalue weighted by atomic mass is 16.5. The maximum Gasteiger partial charge on any atom is 0.232 e. The molecule has 1 aliphatic heterocycles. The maximum absolute atomic E-state index is 10.7. The van der Waals surface area contributed by atoms with E-state index in [-0.39, 0.29) is 6.10 Å². The largest absolute Gasteiger partial charge is 0.468 e. The number of piperidine rings is 1. The van der Waals surface area contributed by atoms with Crippen LogP contribution in [0.25, 0.3) is 11.3 Å². The van der Waals surface area contributed by atoms with Gasteiger partial charge in [0.2, 0.25) is 5.88 Å². The Morgan fingerprint density at radius 3 is 2.55 bits per heavy atom. The standard InChI is InChI=1S/C26H35N3O4/c1-20(2)32-19-22(30)16-28(17-23-12-9-15-31-23)18-24-25(21-10-5-3-6-11-21)27-33-26(24)29-13-7-4-8-14-29/h3,5-6,9-12,15,20,22,30H,4,7-8,13-14,16-19H2,1-2H3. The molecule has 0 radical (unpaired) electrons. The molecule has 0 amide bonds. The number of rotatable bonds is 11. The normalized spacial score (nSPS) is 15.5. The molecule has 0 saturated carbocycles. The van der Waals surface area contributed by atoms with Gasteiger partial charge in [-0.3, -0.25) is 4.90 Å².